The molecule has 0 aliphatic carbocycles. The van der Waals surface area contributed by atoms with Gasteiger partial charge in [0.05, 0.1) is 10.6 Å². The van der Waals surface area contributed by atoms with Crippen molar-refractivity contribution >= 4 is 27.5 Å². The van der Waals surface area contributed by atoms with Gasteiger partial charge in [0.1, 0.15) is 12.6 Å². The van der Waals surface area contributed by atoms with Crippen molar-refractivity contribution in [2.24, 2.45) is 0 Å². The zero-order valence-electron chi connectivity index (χ0n) is 24.9. The van der Waals surface area contributed by atoms with Crippen LogP contribution < -0.4 is 9.62 Å². The number of sulfonamides is 1. The molecule has 0 saturated carbocycles. The summed E-state index contributed by atoms with van der Waals surface area (Å²) in [7, 11) is -4.11. The number of anilines is 1. The van der Waals surface area contributed by atoms with Crippen LogP contribution in [0.3, 0.4) is 0 Å². The minimum absolute atomic E-state index is 0.0847. The molecule has 0 fully saturated rings. The number of carbonyl (C=O) groups excluding carboxylic acids is 2. The number of para-hydroxylation sites is 1. The molecule has 43 heavy (non-hydrogen) atoms. The molecule has 4 aromatic carbocycles. The maximum Gasteiger partial charge on any atom is 0.264 e. The van der Waals surface area contributed by atoms with Gasteiger partial charge in [0.25, 0.3) is 10.0 Å². The Kier molecular flexibility index (Phi) is 10.7. The quantitative estimate of drug-likeness (QED) is 0.215. The summed E-state index contributed by atoms with van der Waals surface area (Å²) in [5.41, 5.74) is 4.05. The highest BCUT2D eigenvalue weighted by atomic mass is 32.2. The van der Waals surface area contributed by atoms with E-state index in [1.807, 2.05) is 75.4 Å². The van der Waals surface area contributed by atoms with Gasteiger partial charge in [-0.05, 0) is 55.7 Å². The van der Waals surface area contributed by atoms with Crippen molar-refractivity contribution in [1.82, 2.24) is 10.2 Å². The molecule has 2 amide bonds. The van der Waals surface area contributed by atoms with Gasteiger partial charge in [0.2, 0.25) is 11.8 Å². The highest BCUT2D eigenvalue weighted by Crippen LogP contribution is 2.25. The van der Waals surface area contributed by atoms with Crippen molar-refractivity contribution in [3.63, 3.8) is 0 Å². The highest BCUT2D eigenvalue weighted by molar-refractivity contribution is 7.92. The van der Waals surface area contributed by atoms with E-state index in [1.165, 1.54) is 4.90 Å². The lowest BCUT2D eigenvalue weighted by Crippen LogP contribution is -2.53. The molecule has 1 unspecified atom stereocenters. The van der Waals surface area contributed by atoms with E-state index in [0.29, 0.717) is 12.2 Å². The van der Waals surface area contributed by atoms with Crippen molar-refractivity contribution < 1.29 is 18.0 Å². The Morgan fingerprint density at radius 3 is 2.02 bits per heavy atom. The van der Waals surface area contributed by atoms with E-state index in [1.54, 1.807) is 54.6 Å². The van der Waals surface area contributed by atoms with E-state index in [4.69, 9.17) is 0 Å². The van der Waals surface area contributed by atoms with Gasteiger partial charge in [0, 0.05) is 19.5 Å². The number of rotatable bonds is 13. The molecule has 1 N–H and O–H groups in total. The predicted molar refractivity (Wildman–Crippen MR) is 171 cm³/mol. The molecule has 224 valence electrons. The maximum atomic E-state index is 14.4. The summed E-state index contributed by atoms with van der Waals surface area (Å²) in [5.74, 6) is -0.756. The fourth-order valence-electron chi connectivity index (χ4n) is 4.89. The monoisotopic (exact) mass is 597 g/mol. The van der Waals surface area contributed by atoms with Gasteiger partial charge in [-0.15, -0.1) is 0 Å². The van der Waals surface area contributed by atoms with Crippen molar-refractivity contribution in [2.75, 3.05) is 17.4 Å². The second-order valence-electron chi connectivity index (χ2n) is 10.7. The normalized spacial score (nSPS) is 11.9. The number of nitrogens with one attached hydrogen (secondary N) is 1. The maximum absolute atomic E-state index is 14.4. The van der Waals surface area contributed by atoms with Crippen molar-refractivity contribution in [3.8, 4) is 0 Å². The van der Waals surface area contributed by atoms with Gasteiger partial charge in [-0.3, -0.25) is 13.9 Å². The molecule has 0 heterocycles. The zero-order chi connectivity index (χ0) is 30.8. The lowest BCUT2D eigenvalue weighted by atomic mass is 10.0. The number of aryl methyl sites for hydroxylation is 2. The van der Waals surface area contributed by atoms with Crippen molar-refractivity contribution in [3.05, 3.63) is 131 Å². The van der Waals surface area contributed by atoms with E-state index < -0.39 is 28.5 Å². The van der Waals surface area contributed by atoms with Crippen molar-refractivity contribution in [2.45, 2.75) is 51.1 Å². The standard InChI is InChI=1S/C35H39N3O4S/c1-4-22-36-35(40)33(24-29-13-7-5-8-14-29)37(25-30-15-11-12-28(3)23-30)34(39)26-38(31-16-9-6-10-17-31)43(41,42)32-20-18-27(2)19-21-32/h5-21,23,33H,4,22,24-26H2,1-3H3,(H,36,40). The molecule has 1 atom stereocenters. The summed E-state index contributed by atoms with van der Waals surface area (Å²) < 4.78 is 29.2. The minimum Gasteiger partial charge on any atom is -0.354 e. The third-order valence-corrected chi connectivity index (χ3v) is 8.98. The fraction of sp³-hybridized carbons (Fsp3) is 0.257. The molecule has 0 aromatic heterocycles. The molecule has 0 spiro atoms. The number of benzene rings is 4. The van der Waals surface area contributed by atoms with Gasteiger partial charge in [-0.2, -0.15) is 0 Å². The van der Waals surface area contributed by atoms with Gasteiger partial charge in [-0.1, -0.05) is 103 Å². The number of hydrogen-bond donors (Lipinski definition) is 1. The molecule has 0 bridgehead atoms. The van der Waals surface area contributed by atoms with Crippen LogP contribution in [0.2, 0.25) is 0 Å². The average molecular weight is 598 g/mol. The topological polar surface area (TPSA) is 86.8 Å². The van der Waals surface area contributed by atoms with E-state index in [2.05, 4.69) is 5.32 Å². The minimum atomic E-state index is -4.11. The Labute approximate surface area is 255 Å². The number of carbonyl (C=O) groups is 2. The number of nitrogens with zero attached hydrogens (tertiary/aromatic N) is 2. The highest BCUT2D eigenvalue weighted by Gasteiger charge is 2.34. The summed E-state index contributed by atoms with van der Waals surface area (Å²) in [6, 6.07) is 31.6. The summed E-state index contributed by atoms with van der Waals surface area (Å²) in [5, 5.41) is 2.97. The summed E-state index contributed by atoms with van der Waals surface area (Å²) in [4.78, 5) is 29.7. The summed E-state index contributed by atoms with van der Waals surface area (Å²) in [6.07, 6.45) is 1.02. The van der Waals surface area contributed by atoms with Crippen LogP contribution in [0.25, 0.3) is 0 Å². The Morgan fingerprint density at radius 2 is 1.40 bits per heavy atom. The Hall–Kier alpha value is -4.43. The van der Waals surface area contributed by atoms with Crippen LogP contribution in [-0.2, 0) is 32.6 Å². The third kappa shape index (κ3) is 8.32. The molecule has 0 radical (unpaired) electrons. The van der Waals surface area contributed by atoms with Crippen LogP contribution in [0, 0.1) is 13.8 Å². The number of hydrogen-bond acceptors (Lipinski definition) is 4. The fourth-order valence-corrected chi connectivity index (χ4v) is 6.30. The second kappa shape index (κ2) is 14.6. The van der Waals surface area contributed by atoms with Crippen LogP contribution >= 0.6 is 0 Å². The van der Waals surface area contributed by atoms with Gasteiger partial charge >= 0.3 is 0 Å². The molecule has 4 aromatic rings. The molecule has 4 rings (SSSR count). The van der Waals surface area contributed by atoms with Crippen LogP contribution in [0.5, 0.6) is 0 Å². The van der Waals surface area contributed by atoms with Crippen LogP contribution in [0.4, 0.5) is 5.69 Å². The second-order valence-corrected chi connectivity index (χ2v) is 12.5. The largest absolute Gasteiger partial charge is 0.354 e. The zero-order valence-corrected chi connectivity index (χ0v) is 25.8. The SMILES string of the molecule is CCCNC(=O)C(Cc1ccccc1)N(Cc1cccc(C)c1)C(=O)CN(c1ccccc1)S(=O)(=O)c1ccc(C)cc1. The molecular formula is C35H39N3O4S. The Balaban J connectivity index is 1.78. The predicted octanol–water partition coefficient (Wildman–Crippen LogP) is 5.67. The Morgan fingerprint density at radius 1 is 0.767 bits per heavy atom. The first-order valence-electron chi connectivity index (χ1n) is 14.5. The molecule has 7 nitrogen and oxygen atoms in total. The van der Waals surface area contributed by atoms with Crippen molar-refractivity contribution in [1.29, 1.82) is 0 Å². The van der Waals surface area contributed by atoms with Gasteiger partial charge in [-0.25, -0.2) is 8.42 Å². The third-order valence-electron chi connectivity index (χ3n) is 7.19. The lowest BCUT2D eigenvalue weighted by molar-refractivity contribution is -0.140. The summed E-state index contributed by atoms with van der Waals surface area (Å²) in [6.45, 7) is 5.96. The Bertz CT molecular complexity index is 1610. The molecule has 8 heteroatoms. The van der Waals surface area contributed by atoms with Crippen LogP contribution in [0.1, 0.15) is 35.6 Å². The summed E-state index contributed by atoms with van der Waals surface area (Å²) >= 11 is 0. The molecule has 0 saturated heterocycles. The average Bonchev–Trinajstić information content (AvgIpc) is 3.01. The van der Waals surface area contributed by atoms with Crippen LogP contribution in [-0.4, -0.2) is 44.3 Å². The van der Waals surface area contributed by atoms with E-state index >= 15 is 0 Å². The molecular weight excluding hydrogens is 558 g/mol. The van der Waals surface area contributed by atoms with Crippen LogP contribution in [0.15, 0.2) is 114 Å². The number of amides is 2. The first-order valence-corrected chi connectivity index (χ1v) is 15.9. The van der Waals surface area contributed by atoms with Gasteiger partial charge in [0.15, 0.2) is 0 Å². The van der Waals surface area contributed by atoms with E-state index in [9.17, 15) is 18.0 Å². The molecule has 0 aliphatic rings. The first-order chi connectivity index (χ1) is 20.7. The first kappa shape index (κ1) is 31.5. The molecule has 0 aliphatic heterocycles. The van der Waals surface area contributed by atoms with Gasteiger partial charge < -0.3 is 10.2 Å². The van der Waals surface area contributed by atoms with E-state index in [-0.39, 0.29) is 23.8 Å². The smallest absolute Gasteiger partial charge is 0.264 e. The lowest BCUT2D eigenvalue weighted by Gasteiger charge is -2.34. The van der Waals surface area contributed by atoms with E-state index in [0.717, 1.165) is 33.0 Å².